The number of nitrogens with two attached hydrogens (primary N) is 1. The van der Waals surface area contributed by atoms with Crippen LogP contribution in [0.15, 0.2) is 24.8 Å². The molecule has 0 aliphatic heterocycles. The second-order valence-corrected chi connectivity index (χ2v) is 2.87. The van der Waals surface area contributed by atoms with E-state index in [9.17, 15) is 0 Å². The molecule has 72 valence electrons. The Balaban J connectivity index is 2.49. The van der Waals surface area contributed by atoms with Crippen molar-refractivity contribution in [2.24, 2.45) is 0 Å². The number of hydrogen-bond acceptors (Lipinski definition) is 4. The van der Waals surface area contributed by atoms with E-state index in [0.29, 0.717) is 11.6 Å². The summed E-state index contributed by atoms with van der Waals surface area (Å²) in [5.41, 5.74) is 6.46. The van der Waals surface area contributed by atoms with E-state index in [0.717, 1.165) is 12.2 Å². The molecule has 2 N–H and O–H groups in total. The van der Waals surface area contributed by atoms with Crippen LogP contribution in [0.5, 0.6) is 0 Å². The summed E-state index contributed by atoms with van der Waals surface area (Å²) in [6.07, 6.45) is 5.13. The van der Waals surface area contributed by atoms with Gasteiger partial charge in [-0.15, -0.1) is 0 Å². The Morgan fingerprint density at radius 1 is 1.50 bits per heavy atom. The van der Waals surface area contributed by atoms with Gasteiger partial charge in [0.1, 0.15) is 11.5 Å². The third kappa shape index (κ3) is 1.44. The Morgan fingerprint density at radius 2 is 2.36 bits per heavy atom. The molecule has 0 spiro atoms. The van der Waals surface area contributed by atoms with Gasteiger partial charge in [0, 0.05) is 12.7 Å². The molecule has 0 radical (unpaired) electrons. The fraction of sp³-hybridized carbons (Fsp3) is 0.222. The summed E-state index contributed by atoms with van der Waals surface area (Å²) in [7, 11) is 0. The van der Waals surface area contributed by atoms with Crippen LogP contribution in [-0.2, 0) is 6.54 Å². The lowest BCUT2D eigenvalue weighted by Gasteiger charge is -2.03. The standard InChI is InChI=1S/C9H11N5/c1-2-14-6-11-5-7(14)9-12-4-3-8(10)13-9/h3-6H,2H2,1H3,(H2,10,12,13). The van der Waals surface area contributed by atoms with Gasteiger partial charge in [0.2, 0.25) is 0 Å². The number of aryl methyl sites for hydroxylation is 1. The quantitative estimate of drug-likeness (QED) is 0.763. The van der Waals surface area contributed by atoms with Crippen molar-refractivity contribution < 1.29 is 0 Å². The molecule has 2 aromatic heterocycles. The number of aromatic nitrogens is 4. The van der Waals surface area contributed by atoms with Gasteiger partial charge in [-0.25, -0.2) is 15.0 Å². The maximum atomic E-state index is 5.58. The van der Waals surface area contributed by atoms with Crippen LogP contribution >= 0.6 is 0 Å². The predicted molar refractivity (Wildman–Crippen MR) is 53.3 cm³/mol. The lowest BCUT2D eigenvalue weighted by Crippen LogP contribution is -2.00. The SMILES string of the molecule is CCn1cncc1-c1nccc(N)n1. The van der Waals surface area contributed by atoms with E-state index in [1.165, 1.54) is 0 Å². The maximum absolute atomic E-state index is 5.58. The first-order valence-electron chi connectivity index (χ1n) is 4.40. The van der Waals surface area contributed by atoms with Crippen LogP contribution in [0.4, 0.5) is 5.82 Å². The Hall–Kier alpha value is -1.91. The van der Waals surface area contributed by atoms with Gasteiger partial charge >= 0.3 is 0 Å². The largest absolute Gasteiger partial charge is 0.384 e. The lowest BCUT2D eigenvalue weighted by atomic mass is 10.4. The van der Waals surface area contributed by atoms with E-state index < -0.39 is 0 Å². The predicted octanol–water partition coefficient (Wildman–Crippen LogP) is 0.942. The summed E-state index contributed by atoms with van der Waals surface area (Å²) < 4.78 is 1.97. The van der Waals surface area contributed by atoms with Crippen LogP contribution in [0, 0.1) is 0 Å². The molecule has 2 rings (SSSR count). The van der Waals surface area contributed by atoms with Crippen LogP contribution < -0.4 is 5.73 Å². The van der Waals surface area contributed by atoms with Gasteiger partial charge in [-0.1, -0.05) is 0 Å². The second-order valence-electron chi connectivity index (χ2n) is 2.87. The van der Waals surface area contributed by atoms with Crippen molar-refractivity contribution >= 4 is 5.82 Å². The minimum Gasteiger partial charge on any atom is -0.384 e. The summed E-state index contributed by atoms with van der Waals surface area (Å²) in [5.74, 6) is 1.09. The zero-order valence-electron chi connectivity index (χ0n) is 7.88. The minimum atomic E-state index is 0.471. The fourth-order valence-electron chi connectivity index (χ4n) is 1.26. The molecule has 0 aromatic carbocycles. The summed E-state index contributed by atoms with van der Waals surface area (Å²) in [6, 6.07) is 1.66. The van der Waals surface area contributed by atoms with Crippen molar-refractivity contribution in [3.05, 3.63) is 24.8 Å². The van der Waals surface area contributed by atoms with Gasteiger partial charge in [0.05, 0.1) is 12.5 Å². The number of imidazole rings is 1. The van der Waals surface area contributed by atoms with Crippen LogP contribution in [0.1, 0.15) is 6.92 Å². The van der Waals surface area contributed by atoms with Crippen LogP contribution in [-0.4, -0.2) is 19.5 Å². The molecule has 0 saturated heterocycles. The van der Waals surface area contributed by atoms with E-state index in [1.54, 1.807) is 24.8 Å². The number of hydrogen-bond donors (Lipinski definition) is 1. The molecule has 5 nitrogen and oxygen atoms in total. The zero-order valence-corrected chi connectivity index (χ0v) is 7.88. The maximum Gasteiger partial charge on any atom is 0.179 e. The zero-order chi connectivity index (χ0) is 9.97. The number of nitrogens with zero attached hydrogens (tertiary/aromatic N) is 4. The van der Waals surface area contributed by atoms with Crippen molar-refractivity contribution in [3.8, 4) is 11.5 Å². The summed E-state index contributed by atoms with van der Waals surface area (Å²) >= 11 is 0. The van der Waals surface area contributed by atoms with Crippen molar-refractivity contribution in [1.82, 2.24) is 19.5 Å². The molecule has 0 amide bonds. The Kier molecular flexibility index (Phi) is 2.14. The van der Waals surface area contributed by atoms with Crippen molar-refractivity contribution in [2.45, 2.75) is 13.5 Å². The second kappa shape index (κ2) is 3.45. The Labute approximate surface area is 81.6 Å². The smallest absolute Gasteiger partial charge is 0.179 e. The van der Waals surface area contributed by atoms with Crippen molar-refractivity contribution in [1.29, 1.82) is 0 Å². The first-order valence-corrected chi connectivity index (χ1v) is 4.40. The molecule has 0 unspecified atom stereocenters. The third-order valence-electron chi connectivity index (χ3n) is 1.96. The molecule has 0 atom stereocenters. The highest BCUT2D eigenvalue weighted by atomic mass is 15.1. The average Bonchev–Trinajstić information content (AvgIpc) is 2.65. The Bertz CT molecular complexity index is 434. The van der Waals surface area contributed by atoms with Gasteiger partial charge < -0.3 is 10.3 Å². The molecule has 14 heavy (non-hydrogen) atoms. The molecule has 2 heterocycles. The van der Waals surface area contributed by atoms with Crippen molar-refractivity contribution in [2.75, 3.05) is 5.73 Å². The highest BCUT2D eigenvalue weighted by Gasteiger charge is 2.06. The molecule has 0 saturated carbocycles. The summed E-state index contributed by atoms with van der Waals surface area (Å²) in [5, 5.41) is 0. The number of nitrogen functional groups attached to an aromatic ring is 1. The highest BCUT2D eigenvalue weighted by Crippen LogP contribution is 2.14. The van der Waals surface area contributed by atoms with Gasteiger partial charge in [0.15, 0.2) is 5.82 Å². The number of rotatable bonds is 2. The fourth-order valence-corrected chi connectivity index (χ4v) is 1.26. The van der Waals surface area contributed by atoms with Gasteiger partial charge in [-0.3, -0.25) is 0 Å². The topological polar surface area (TPSA) is 69.6 Å². The van der Waals surface area contributed by atoms with Gasteiger partial charge in [0.25, 0.3) is 0 Å². The van der Waals surface area contributed by atoms with E-state index in [1.807, 2.05) is 11.5 Å². The molecule has 0 aliphatic carbocycles. The summed E-state index contributed by atoms with van der Waals surface area (Å²) in [6.45, 7) is 2.88. The minimum absolute atomic E-state index is 0.471. The van der Waals surface area contributed by atoms with Crippen LogP contribution in [0.2, 0.25) is 0 Å². The van der Waals surface area contributed by atoms with Crippen LogP contribution in [0.3, 0.4) is 0 Å². The van der Waals surface area contributed by atoms with Crippen LogP contribution in [0.25, 0.3) is 11.5 Å². The van der Waals surface area contributed by atoms with E-state index in [2.05, 4.69) is 15.0 Å². The van der Waals surface area contributed by atoms with E-state index in [4.69, 9.17) is 5.73 Å². The molecular formula is C9H11N5. The lowest BCUT2D eigenvalue weighted by molar-refractivity contribution is 0.764. The molecule has 2 aromatic rings. The monoisotopic (exact) mass is 189 g/mol. The molecule has 0 fully saturated rings. The van der Waals surface area contributed by atoms with Gasteiger partial charge in [-0.05, 0) is 13.0 Å². The first-order chi connectivity index (χ1) is 6.81. The molecule has 0 bridgehead atoms. The summed E-state index contributed by atoms with van der Waals surface area (Å²) in [4.78, 5) is 12.3. The van der Waals surface area contributed by atoms with Crippen molar-refractivity contribution in [3.63, 3.8) is 0 Å². The molecule has 0 aliphatic rings. The highest BCUT2D eigenvalue weighted by molar-refractivity contribution is 5.50. The molecule has 5 heteroatoms. The molecular weight excluding hydrogens is 178 g/mol. The number of anilines is 1. The Morgan fingerprint density at radius 3 is 3.07 bits per heavy atom. The first kappa shape index (κ1) is 8.68. The third-order valence-corrected chi connectivity index (χ3v) is 1.96. The normalized spacial score (nSPS) is 10.4. The van der Waals surface area contributed by atoms with E-state index >= 15 is 0 Å². The van der Waals surface area contributed by atoms with E-state index in [-0.39, 0.29) is 0 Å². The van der Waals surface area contributed by atoms with Gasteiger partial charge in [-0.2, -0.15) is 0 Å². The average molecular weight is 189 g/mol.